The van der Waals surface area contributed by atoms with Crippen LogP contribution in [0.25, 0.3) is 0 Å². The van der Waals surface area contributed by atoms with Crippen LogP contribution in [0.1, 0.15) is 17.5 Å². The molecule has 2 aliphatic carbocycles. The lowest BCUT2D eigenvalue weighted by molar-refractivity contribution is -0.0453. The normalized spacial score (nSPS) is 31.5. The topological polar surface area (TPSA) is 89.4 Å². The first-order chi connectivity index (χ1) is 16.9. The van der Waals surface area contributed by atoms with Crippen LogP contribution >= 0.6 is 23.2 Å². The number of nitrogens with one attached hydrogen (secondary N) is 2. The number of phenolic OH excluding ortho intramolecular Hbond substituents is 1. The summed E-state index contributed by atoms with van der Waals surface area (Å²) in [6, 6.07) is 9.60. The van der Waals surface area contributed by atoms with Crippen LogP contribution in [0.5, 0.6) is 11.5 Å². The fourth-order valence-corrected chi connectivity index (χ4v) is 6.95. The van der Waals surface area contributed by atoms with Crippen LogP contribution in [0.2, 0.25) is 10.0 Å². The third-order valence-corrected chi connectivity index (χ3v) is 8.66. The molecule has 7 rings (SSSR count). The molecule has 5 aliphatic rings. The van der Waals surface area contributed by atoms with Crippen molar-refractivity contribution in [2.24, 2.45) is 10.9 Å². The second kappa shape index (κ2) is 8.59. The van der Waals surface area contributed by atoms with Crippen molar-refractivity contribution in [1.29, 1.82) is 0 Å². The van der Waals surface area contributed by atoms with Crippen molar-refractivity contribution in [2.45, 2.75) is 36.5 Å². The van der Waals surface area contributed by atoms with Crippen molar-refractivity contribution < 1.29 is 14.9 Å². The molecule has 184 valence electrons. The number of guanidine groups is 1. The van der Waals surface area contributed by atoms with Crippen LogP contribution in [0.4, 0.5) is 5.69 Å². The van der Waals surface area contributed by atoms with Gasteiger partial charge in [-0.25, -0.2) is 0 Å². The molecule has 0 saturated carbocycles. The number of likely N-dealkylation sites (N-methyl/N-ethyl adjacent to an activating group) is 1. The highest BCUT2D eigenvalue weighted by molar-refractivity contribution is 6.39. The third kappa shape index (κ3) is 3.51. The Hall–Kier alpha value is -2.45. The Morgan fingerprint density at radius 2 is 2.00 bits per heavy atom. The highest BCUT2D eigenvalue weighted by Gasteiger charge is 2.64. The predicted octanol–water partition coefficient (Wildman–Crippen LogP) is 3.56. The number of likely N-dealkylation sites (tertiary alicyclic amines) is 1. The minimum atomic E-state index is -0.594. The number of phenols is 1. The smallest absolute Gasteiger partial charge is 0.196 e. The van der Waals surface area contributed by atoms with Gasteiger partial charge in [-0.1, -0.05) is 47.5 Å². The molecule has 2 bridgehead atoms. The van der Waals surface area contributed by atoms with Gasteiger partial charge in [0.15, 0.2) is 17.5 Å². The number of benzene rings is 2. The molecule has 0 radical (unpaired) electrons. The third-order valence-electron chi connectivity index (χ3n) is 8.03. The van der Waals surface area contributed by atoms with Crippen LogP contribution < -0.4 is 15.4 Å². The van der Waals surface area contributed by atoms with E-state index in [0.29, 0.717) is 33.4 Å². The Labute approximate surface area is 214 Å². The molecule has 2 aromatic rings. The zero-order valence-electron chi connectivity index (χ0n) is 19.3. The maximum atomic E-state index is 10.4. The van der Waals surface area contributed by atoms with Crippen molar-refractivity contribution in [3.8, 4) is 11.5 Å². The SMILES string of the molecule is CN1CC[C@]23c4c5ccc(O)c4O[C@H]2[C@@H](O)C=C[C@H]3[C@H]1C5.Clc1cccc(Cl)c1NC1=NCCN1. The quantitative estimate of drug-likeness (QED) is 0.435. The molecule has 3 heterocycles. The highest BCUT2D eigenvalue weighted by Crippen LogP contribution is 2.62. The molecule has 0 amide bonds. The van der Waals surface area contributed by atoms with Crippen LogP contribution in [-0.2, 0) is 11.8 Å². The molecule has 1 saturated heterocycles. The first-order valence-corrected chi connectivity index (χ1v) is 12.7. The van der Waals surface area contributed by atoms with Crippen LogP contribution in [0.3, 0.4) is 0 Å². The average Bonchev–Trinajstić information content (AvgIpc) is 3.48. The largest absolute Gasteiger partial charge is 0.504 e. The van der Waals surface area contributed by atoms with Gasteiger partial charge in [0.05, 0.1) is 22.3 Å². The average molecular weight is 515 g/mol. The van der Waals surface area contributed by atoms with Gasteiger partial charge >= 0.3 is 0 Å². The van der Waals surface area contributed by atoms with Gasteiger partial charge in [0.1, 0.15) is 12.2 Å². The number of rotatable bonds is 1. The Kier molecular flexibility index (Phi) is 5.64. The van der Waals surface area contributed by atoms with Gasteiger partial charge in [-0.3, -0.25) is 4.99 Å². The molecule has 1 fully saturated rings. The molecule has 2 aromatic carbocycles. The van der Waals surface area contributed by atoms with E-state index in [0.717, 1.165) is 38.4 Å². The second-order valence-corrected chi connectivity index (χ2v) is 10.6. The predicted molar refractivity (Wildman–Crippen MR) is 138 cm³/mol. The summed E-state index contributed by atoms with van der Waals surface area (Å²) in [7, 11) is 2.19. The number of anilines is 1. The summed E-state index contributed by atoms with van der Waals surface area (Å²) < 4.78 is 6.09. The minimum absolute atomic E-state index is 0.160. The number of nitrogens with zero attached hydrogens (tertiary/aromatic N) is 2. The number of halogens is 2. The van der Waals surface area contributed by atoms with Gasteiger partial charge in [-0.15, -0.1) is 0 Å². The summed E-state index contributed by atoms with van der Waals surface area (Å²) in [5.41, 5.74) is 2.99. The Morgan fingerprint density at radius 1 is 1.20 bits per heavy atom. The van der Waals surface area contributed by atoms with Gasteiger partial charge in [-0.2, -0.15) is 0 Å². The first-order valence-electron chi connectivity index (χ1n) is 12.0. The Balaban J connectivity index is 0.000000143. The molecule has 3 aliphatic heterocycles. The molecule has 0 unspecified atom stereocenters. The summed E-state index contributed by atoms with van der Waals surface area (Å²) in [5, 5.41) is 28.0. The second-order valence-electron chi connectivity index (χ2n) is 9.81. The van der Waals surface area contributed by atoms with Crippen molar-refractivity contribution in [1.82, 2.24) is 10.2 Å². The molecule has 0 aromatic heterocycles. The fraction of sp³-hybridized carbons (Fsp3) is 0.423. The Bertz CT molecular complexity index is 1220. The van der Waals surface area contributed by atoms with E-state index in [1.165, 1.54) is 11.1 Å². The van der Waals surface area contributed by atoms with Crippen LogP contribution in [0.15, 0.2) is 47.5 Å². The van der Waals surface area contributed by atoms with Crippen molar-refractivity contribution in [3.05, 3.63) is 63.7 Å². The van der Waals surface area contributed by atoms with E-state index in [1.54, 1.807) is 24.3 Å². The standard InChI is InChI=1S/C17H19NO3.C9H9Cl2N3/c1-18-7-6-17-10-3-5-13(20)16(17)21-15-12(19)4-2-9(14(15)17)8-11(10)18;10-6-2-1-3-7(11)8(6)14-9-12-4-5-13-9/h2-5,10-11,13,16,19-20H,6-8H2,1H3;1-3H,4-5H2,(H2,12,13,14)/t10-,11+,13-,16-,17-;/m0./s1. The number of aliphatic hydroxyl groups excluding tert-OH is 1. The molecule has 35 heavy (non-hydrogen) atoms. The monoisotopic (exact) mass is 514 g/mol. The fourth-order valence-electron chi connectivity index (χ4n) is 6.46. The maximum absolute atomic E-state index is 10.4. The van der Waals surface area contributed by atoms with Gasteiger partial charge < -0.3 is 30.5 Å². The number of piperidine rings is 1. The number of ether oxygens (including phenoxy) is 1. The summed E-state index contributed by atoms with van der Waals surface area (Å²) in [5.74, 6) is 1.91. The van der Waals surface area contributed by atoms with Crippen molar-refractivity contribution >= 4 is 34.8 Å². The summed E-state index contributed by atoms with van der Waals surface area (Å²) in [6.45, 7) is 2.64. The van der Waals surface area contributed by atoms with Gasteiger partial charge in [0, 0.05) is 29.5 Å². The number of aliphatic imine (C=N–C) groups is 1. The molecule has 9 heteroatoms. The number of hydrogen-bond donors (Lipinski definition) is 4. The van der Waals surface area contributed by atoms with Crippen molar-refractivity contribution in [3.63, 3.8) is 0 Å². The zero-order valence-corrected chi connectivity index (χ0v) is 20.9. The van der Waals surface area contributed by atoms with E-state index in [-0.39, 0.29) is 17.3 Å². The minimum Gasteiger partial charge on any atom is -0.504 e. The van der Waals surface area contributed by atoms with Gasteiger partial charge in [0.2, 0.25) is 0 Å². The molecule has 4 N–H and O–H groups in total. The number of hydrogen-bond acceptors (Lipinski definition) is 7. The van der Waals surface area contributed by atoms with Gasteiger partial charge in [0.25, 0.3) is 0 Å². The van der Waals surface area contributed by atoms with E-state index in [9.17, 15) is 10.2 Å². The molecule has 1 spiro atoms. The number of aliphatic hydroxyl groups is 1. The summed E-state index contributed by atoms with van der Waals surface area (Å²) in [4.78, 5) is 6.62. The molecular weight excluding hydrogens is 487 g/mol. The molecule has 7 nitrogen and oxygen atoms in total. The highest BCUT2D eigenvalue weighted by atomic mass is 35.5. The molecular formula is C26H28Cl2N4O3. The summed E-state index contributed by atoms with van der Waals surface area (Å²) in [6.07, 6.45) is 5.18. The Morgan fingerprint density at radius 3 is 2.74 bits per heavy atom. The van der Waals surface area contributed by atoms with Crippen molar-refractivity contribution in [2.75, 3.05) is 32.0 Å². The van der Waals surface area contributed by atoms with E-state index >= 15 is 0 Å². The van der Waals surface area contributed by atoms with Crippen LogP contribution in [0, 0.1) is 5.92 Å². The first kappa shape index (κ1) is 23.0. The van der Waals surface area contributed by atoms with Gasteiger partial charge in [-0.05, 0) is 50.2 Å². The molecule has 5 atom stereocenters. The summed E-state index contributed by atoms with van der Waals surface area (Å²) >= 11 is 12.0. The van der Waals surface area contributed by atoms with E-state index in [1.807, 2.05) is 12.1 Å². The van der Waals surface area contributed by atoms with E-state index < -0.39 is 6.10 Å². The maximum Gasteiger partial charge on any atom is 0.196 e. The lowest BCUT2D eigenvalue weighted by atomic mass is 9.53. The lowest BCUT2D eigenvalue weighted by Crippen LogP contribution is -2.64. The number of aromatic hydroxyl groups is 1. The van der Waals surface area contributed by atoms with E-state index in [2.05, 4.69) is 33.6 Å². The lowest BCUT2D eigenvalue weighted by Gasteiger charge is -2.56. The van der Waals surface area contributed by atoms with E-state index in [4.69, 9.17) is 27.9 Å². The zero-order chi connectivity index (χ0) is 24.3. The number of para-hydroxylation sites is 1. The van der Waals surface area contributed by atoms with Crippen LogP contribution in [-0.4, -0.2) is 66.0 Å².